The van der Waals surface area contributed by atoms with Crippen molar-refractivity contribution in [2.75, 3.05) is 6.54 Å². The van der Waals surface area contributed by atoms with E-state index in [0.29, 0.717) is 18.5 Å². The number of rotatable bonds is 2. The van der Waals surface area contributed by atoms with Crippen LogP contribution in [0.4, 0.5) is 8.78 Å². The third kappa shape index (κ3) is 2.82. The number of hydrogen-bond donors (Lipinski definition) is 1. The SMILES string of the molecule is NCCC#Cc1ccccc1C(F)F. The van der Waals surface area contributed by atoms with Gasteiger partial charge in [-0.15, -0.1) is 0 Å². The molecule has 0 saturated heterocycles. The number of hydrogen-bond acceptors (Lipinski definition) is 1. The molecule has 0 aliphatic carbocycles. The van der Waals surface area contributed by atoms with Crippen molar-refractivity contribution >= 4 is 0 Å². The second kappa shape index (κ2) is 5.36. The largest absolute Gasteiger partial charge is 0.330 e. The summed E-state index contributed by atoms with van der Waals surface area (Å²) < 4.78 is 24.9. The van der Waals surface area contributed by atoms with Crippen molar-refractivity contribution in [1.82, 2.24) is 0 Å². The smallest absolute Gasteiger partial charge is 0.265 e. The third-order valence-corrected chi connectivity index (χ3v) is 1.69. The van der Waals surface area contributed by atoms with E-state index in [1.54, 1.807) is 18.2 Å². The normalized spacial score (nSPS) is 9.71. The van der Waals surface area contributed by atoms with Gasteiger partial charge in [-0.2, -0.15) is 0 Å². The molecule has 1 nitrogen and oxygen atoms in total. The van der Waals surface area contributed by atoms with Crippen molar-refractivity contribution in [2.45, 2.75) is 12.8 Å². The van der Waals surface area contributed by atoms with Crippen molar-refractivity contribution < 1.29 is 8.78 Å². The summed E-state index contributed by atoms with van der Waals surface area (Å²) in [7, 11) is 0. The van der Waals surface area contributed by atoms with E-state index in [1.807, 2.05) is 0 Å². The molecule has 1 aromatic rings. The fourth-order valence-electron chi connectivity index (χ4n) is 1.03. The highest BCUT2D eigenvalue weighted by Crippen LogP contribution is 2.21. The van der Waals surface area contributed by atoms with Gasteiger partial charge in [0.05, 0.1) is 0 Å². The molecule has 0 aromatic heterocycles. The zero-order valence-electron chi connectivity index (χ0n) is 7.63. The van der Waals surface area contributed by atoms with Gasteiger partial charge in [0.2, 0.25) is 0 Å². The van der Waals surface area contributed by atoms with Crippen LogP contribution in [-0.4, -0.2) is 6.54 Å². The molecule has 0 saturated carbocycles. The third-order valence-electron chi connectivity index (χ3n) is 1.69. The van der Waals surface area contributed by atoms with Gasteiger partial charge >= 0.3 is 0 Å². The van der Waals surface area contributed by atoms with Crippen LogP contribution in [0.3, 0.4) is 0 Å². The Morgan fingerprint density at radius 2 is 2.00 bits per heavy atom. The van der Waals surface area contributed by atoms with Crippen LogP contribution < -0.4 is 5.73 Å². The molecule has 0 atom stereocenters. The van der Waals surface area contributed by atoms with E-state index in [4.69, 9.17) is 5.73 Å². The Bertz CT molecular complexity index is 350. The molecule has 0 aliphatic rings. The molecule has 1 rings (SSSR count). The maximum atomic E-state index is 12.4. The topological polar surface area (TPSA) is 26.0 Å². The second-order valence-corrected chi connectivity index (χ2v) is 2.73. The van der Waals surface area contributed by atoms with E-state index in [-0.39, 0.29) is 5.56 Å². The van der Waals surface area contributed by atoms with E-state index in [2.05, 4.69) is 11.8 Å². The fourth-order valence-corrected chi connectivity index (χ4v) is 1.03. The summed E-state index contributed by atoms with van der Waals surface area (Å²) in [6.07, 6.45) is -1.95. The molecule has 0 fully saturated rings. The van der Waals surface area contributed by atoms with Crippen LogP contribution in [0.5, 0.6) is 0 Å². The standard InChI is InChI=1S/C11H11F2N/c12-11(13)10-7-2-1-5-9(10)6-3-4-8-14/h1-2,5,7,11H,4,8,14H2. The molecular weight excluding hydrogens is 184 g/mol. The van der Waals surface area contributed by atoms with Gasteiger partial charge in [0.15, 0.2) is 0 Å². The van der Waals surface area contributed by atoms with Gasteiger partial charge in [0, 0.05) is 24.1 Å². The first-order valence-corrected chi connectivity index (χ1v) is 4.31. The van der Waals surface area contributed by atoms with Crippen LogP contribution in [0, 0.1) is 11.8 Å². The lowest BCUT2D eigenvalue weighted by atomic mass is 10.1. The van der Waals surface area contributed by atoms with E-state index >= 15 is 0 Å². The van der Waals surface area contributed by atoms with Crippen LogP contribution >= 0.6 is 0 Å². The van der Waals surface area contributed by atoms with Gasteiger partial charge in [-0.1, -0.05) is 30.0 Å². The summed E-state index contributed by atoms with van der Waals surface area (Å²) in [6.45, 7) is 0.448. The summed E-state index contributed by atoms with van der Waals surface area (Å²) in [5.74, 6) is 5.42. The summed E-state index contributed by atoms with van der Waals surface area (Å²) in [4.78, 5) is 0. The Balaban J connectivity index is 2.92. The molecule has 0 bridgehead atoms. The van der Waals surface area contributed by atoms with Crippen LogP contribution in [0.15, 0.2) is 24.3 Å². The molecule has 0 amide bonds. The Kier molecular flexibility index (Phi) is 4.09. The predicted molar refractivity (Wildman–Crippen MR) is 51.9 cm³/mol. The predicted octanol–water partition coefficient (Wildman–Crippen LogP) is 2.32. The highest BCUT2D eigenvalue weighted by atomic mass is 19.3. The summed E-state index contributed by atoms with van der Waals surface area (Å²) >= 11 is 0. The average molecular weight is 195 g/mol. The molecule has 0 aliphatic heterocycles. The lowest BCUT2D eigenvalue weighted by Gasteiger charge is -2.01. The number of alkyl halides is 2. The van der Waals surface area contributed by atoms with Crippen LogP contribution in [-0.2, 0) is 0 Å². The first-order chi connectivity index (χ1) is 6.75. The molecule has 1 aromatic carbocycles. The first kappa shape index (κ1) is 10.7. The summed E-state index contributed by atoms with van der Waals surface area (Å²) in [5, 5.41) is 0. The minimum Gasteiger partial charge on any atom is -0.330 e. The average Bonchev–Trinajstić information content (AvgIpc) is 2.19. The van der Waals surface area contributed by atoms with Gasteiger partial charge in [-0.3, -0.25) is 0 Å². The minimum absolute atomic E-state index is 0.0166. The lowest BCUT2D eigenvalue weighted by Crippen LogP contribution is -1.95. The Morgan fingerprint density at radius 1 is 1.29 bits per heavy atom. The maximum Gasteiger partial charge on any atom is 0.265 e. The quantitative estimate of drug-likeness (QED) is 0.720. The summed E-state index contributed by atoms with van der Waals surface area (Å²) in [6, 6.07) is 6.25. The molecule has 14 heavy (non-hydrogen) atoms. The molecule has 74 valence electrons. The monoisotopic (exact) mass is 195 g/mol. The molecule has 0 heterocycles. The fraction of sp³-hybridized carbons (Fsp3) is 0.273. The Hall–Kier alpha value is -1.40. The van der Waals surface area contributed by atoms with Gasteiger partial charge in [-0.25, -0.2) is 8.78 Å². The number of nitrogens with two attached hydrogens (primary N) is 1. The van der Waals surface area contributed by atoms with Crippen molar-refractivity contribution in [3.8, 4) is 11.8 Å². The minimum atomic E-state index is -2.47. The van der Waals surface area contributed by atoms with Crippen molar-refractivity contribution in [3.05, 3.63) is 35.4 Å². The highest BCUT2D eigenvalue weighted by Gasteiger charge is 2.09. The molecule has 3 heteroatoms. The van der Waals surface area contributed by atoms with Gasteiger partial charge in [-0.05, 0) is 6.07 Å². The van der Waals surface area contributed by atoms with Crippen molar-refractivity contribution in [1.29, 1.82) is 0 Å². The molecular formula is C11H11F2N. The van der Waals surface area contributed by atoms with Crippen molar-refractivity contribution in [3.63, 3.8) is 0 Å². The molecule has 0 radical (unpaired) electrons. The van der Waals surface area contributed by atoms with Crippen LogP contribution in [0.2, 0.25) is 0 Å². The van der Waals surface area contributed by atoms with Gasteiger partial charge in [0.1, 0.15) is 0 Å². The van der Waals surface area contributed by atoms with Crippen LogP contribution in [0.1, 0.15) is 24.0 Å². The number of halogens is 2. The van der Waals surface area contributed by atoms with Gasteiger partial charge < -0.3 is 5.73 Å². The summed E-state index contributed by atoms with van der Waals surface area (Å²) in [5.41, 5.74) is 5.61. The molecule has 0 spiro atoms. The van der Waals surface area contributed by atoms with Crippen molar-refractivity contribution in [2.24, 2.45) is 5.73 Å². The van der Waals surface area contributed by atoms with E-state index in [9.17, 15) is 8.78 Å². The van der Waals surface area contributed by atoms with E-state index < -0.39 is 6.43 Å². The Labute approximate surface area is 81.9 Å². The zero-order valence-corrected chi connectivity index (χ0v) is 7.63. The second-order valence-electron chi connectivity index (χ2n) is 2.73. The van der Waals surface area contributed by atoms with E-state index in [0.717, 1.165) is 0 Å². The molecule has 0 unspecified atom stereocenters. The van der Waals surface area contributed by atoms with Crippen LogP contribution in [0.25, 0.3) is 0 Å². The molecule has 2 N–H and O–H groups in total. The lowest BCUT2D eigenvalue weighted by molar-refractivity contribution is 0.151. The maximum absolute atomic E-state index is 12.4. The Morgan fingerprint density at radius 3 is 2.64 bits per heavy atom. The van der Waals surface area contributed by atoms with Gasteiger partial charge in [0.25, 0.3) is 6.43 Å². The highest BCUT2D eigenvalue weighted by molar-refractivity contribution is 5.41. The zero-order chi connectivity index (χ0) is 10.4. The number of benzene rings is 1. The van der Waals surface area contributed by atoms with E-state index in [1.165, 1.54) is 6.07 Å². The first-order valence-electron chi connectivity index (χ1n) is 4.31.